The molecule has 0 aliphatic rings. The molecule has 0 heterocycles. The van der Waals surface area contributed by atoms with Gasteiger partial charge in [0.25, 0.3) is 0 Å². The average Bonchev–Trinajstić information content (AvgIpc) is 2.12. The van der Waals surface area contributed by atoms with Gasteiger partial charge in [0.15, 0.2) is 0 Å². The number of ether oxygens (including phenoxy) is 1. The molecule has 0 saturated heterocycles. The minimum Gasteiger partial charge on any atom is -0.465 e. The van der Waals surface area contributed by atoms with E-state index in [1.165, 1.54) is 0 Å². The Morgan fingerprint density at radius 2 is 1.60 bits per heavy atom. The lowest BCUT2D eigenvalue weighted by atomic mass is 9.74. The van der Waals surface area contributed by atoms with Gasteiger partial charge in [0.1, 0.15) is 0 Å². The van der Waals surface area contributed by atoms with Crippen LogP contribution in [0.4, 0.5) is 0 Å². The predicted molar refractivity (Wildman–Crippen MR) is 63.6 cm³/mol. The maximum absolute atomic E-state index is 11.9. The van der Waals surface area contributed by atoms with Crippen molar-refractivity contribution < 1.29 is 9.53 Å². The molecule has 0 aromatic heterocycles. The fourth-order valence-corrected chi connectivity index (χ4v) is 1.45. The third-order valence-electron chi connectivity index (χ3n) is 3.21. The van der Waals surface area contributed by atoms with Crippen LogP contribution in [0, 0.1) is 23.2 Å². The first-order valence-electron chi connectivity index (χ1n) is 5.86. The van der Waals surface area contributed by atoms with E-state index in [-0.39, 0.29) is 11.4 Å². The van der Waals surface area contributed by atoms with Crippen LogP contribution in [-0.2, 0) is 9.53 Å². The zero-order chi connectivity index (χ0) is 12.2. The number of hydrogen-bond acceptors (Lipinski definition) is 2. The second kappa shape index (κ2) is 5.53. The molecular weight excluding hydrogens is 188 g/mol. The van der Waals surface area contributed by atoms with Gasteiger partial charge in [0.05, 0.1) is 12.0 Å². The third-order valence-corrected chi connectivity index (χ3v) is 3.21. The minimum atomic E-state index is -0.386. The molecule has 0 aromatic rings. The van der Waals surface area contributed by atoms with Crippen LogP contribution in [0.5, 0.6) is 0 Å². The summed E-state index contributed by atoms with van der Waals surface area (Å²) in [6.07, 6.45) is 0. The summed E-state index contributed by atoms with van der Waals surface area (Å²) in [5, 5.41) is 0. The van der Waals surface area contributed by atoms with Crippen LogP contribution in [0.25, 0.3) is 0 Å². The van der Waals surface area contributed by atoms with Gasteiger partial charge in [-0.05, 0) is 31.6 Å². The quantitative estimate of drug-likeness (QED) is 0.655. The predicted octanol–water partition coefficient (Wildman–Crippen LogP) is 3.50. The van der Waals surface area contributed by atoms with Crippen molar-refractivity contribution in [1.29, 1.82) is 0 Å². The van der Waals surface area contributed by atoms with Crippen molar-refractivity contribution in [2.75, 3.05) is 6.61 Å². The van der Waals surface area contributed by atoms with Crippen LogP contribution in [0.1, 0.15) is 48.5 Å². The summed E-state index contributed by atoms with van der Waals surface area (Å²) in [6.45, 7) is 15.0. The van der Waals surface area contributed by atoms with E-state index in [0.717, 1.165) is 0 Å². The third kappa shape index (κ3) is 4.23. The summed E-state index contributed by atoms with van der Waals surface area (Å²) in [5.74, 6) is 1.15. The average molecular weight is 214 g/mol. The molecule has 0 N–H and O–H groups in total. The van der Waals surface area contributed by atoms with Crippen LogP contribution in [-0.4, -0.2) is 12.6 Å². The maximum Gasteiger partial charge on any atom is 0.311 e. The summed E-state index contributed by atoms with van der Waals surface area (Å²) < 4.78 is 5.30. The van der Waals surface area contributed by atoms with Crippen molar-refractivity contribution in [2.24, 2.45) is 23.2 Å². The fraction of sp³-hybridized carbons (Fsp3) is 0.923. The van der Waals surface area contributed by atoms with E-state index in [1.54, 1.807) is 0 Å². The van der Waals surface area contributed by atoms with Crippen LogP contribution >= 0.6 is 0 Å². The first-order valence-corrected chi connectivity index (χ1v) is 5.86. The minimum absolute atomic E-state index is 0.0719. The molecule has 0 spiro atoms. The lowest BCUT2D eigenvalue weighted by molar-refractivity contribution is -0.159. The van der Waals surface area contributed by atoms with Crippen molar-refractivity contribution >= 4 is 5.97 Å². The topological polar surface area (TPSA) is 26.3 Å². The number of carbonyl (C=O) groups is 1. The van der Waals surface area contributed by atoms with E-state index in [9.17, 15) is 4.79 Å². The molecule has 0 fully saturated rings. The van der Waals surface area contributed by atoms with Gasteiger partial charge >= 0.3 is 5.97 Å². The van der Waals surface area contributed by atoms with Gasteiger partial charge in [-0.25, -0.2) is 0 Å². The molecule has 0 bridgehead atoms. The fourth-order valence-electron chi connectivity index (χ4n) is 1.45. The van der Waals surface area contributed by atoms with Gasteiger partial charge in [-0.2, -0.15) is 0 Å². The number of rotatable bonds is 5. The molecular formula is C13H26O2. The van der Waals surface area contributed by atoms with E-state index in [2.05, 4.69) is 20.8 Å². The summed E-state index contributed by atoms with van der Waals surface area (Å²) in [4.78, 5) is 11.9. The number of hydrogen-bond donors (Lipinski definition) is 0. The van der Waals surface area contributed by atoms with Crippen LogP contribution < -0.4 is 0 Å². The Bertz CT molecular complexity index is 205. The monoisotopic (exact) mass is 214 g/mol. The van der Waals surface area contributed by atoms with E-state index in [1.807, 2.05) is 27.7 Å². The zero-order valence-electron chi connectivity index (χ0n) is 11.3. The molecule has 0 aliphatic heterocycles. The molecule has 0 aliphatic carbocycles. The largest absolute Gasteiger partial charge is 0.465 e. The molecule has 2 heteroatoms. The number of esters is 1. The Morgan fingerprint density at radius 1 is 1.13 bits per heavy atom. The molecule has 0 aromatic carbocycles. The smallest absolute Gasteiger partial charge is 0.311 e. The Hall–Kier alpha value is -0.530. The Labute approximate surface area is 94.4 Å². The highest BCUT2D eigenvalue weighted by molar-refractivity contribution is 5.76. The Kier molecular flexibility index (Phi) is 5.33. The molecule has 0 rings (SSSR count). The molecule has 0 saturated carbocycles. The summed E-state index contributed by atoms with van der Waals surface area (Å²) in [5.41, 5.74) is -0.386. The van der Waals surface area contributed by atoms with Gasteiger partial charge in [0.2, 0.25) is 0 Å². The second-order valence-electron chi connectivity index (χ2n) is 5.75. The molecule has 15 heavy (non-hydrogen) atoms. The lowest BCUT2D eigenvalue weighted by Crippen LogP contribution is -2.36. The van der Waals surface area contributed by atoms with Crippen molar-refractivity contribution in [3.05, 3.63) is 0 Å². The lowest BCUT2D eigenvalue weighted by Gasteiger charge is -2.32. The highest BCUT2D eigenvalue weighted by Gasteiger charge is 2.36. The molecule has 0 amide bonds. The molecule has 2 nitrogen and oxygen atoms in total. The van der Waals surface area contributed by atoms with Crippen molar-refractivity contribution in [3.8, 4) is 0 Å². The standard InChI is InChI=1S/C13H26O2/c1-9(2)8-15-12(14)13(6,7)11(5)10(3)4/h9-11H,8H2,1-7H3. The van der Waals surface area contributed by atoms with Crippen LogP contribution in [0.2, 0.25) is 0 Å². The van der Waals surface area contributed by atoms with Gasteiger partial charge in [-0.3, -0.25) is 4.79 Å². The van der Waals surface area contributed by atoms with Crippen molar-refractivity contribution in [2.45, 2.75) is 48.5 Å². The molecule has 1 atom stereocenters. The zero-order valence-corrected chi connectivity index (χ0v) is 11.3. The Morgan fingerprint density at radius 3 is 1.93 bits per heavy atom. The highest BCUT2D eigenvalue weighted by Crippen LogP contribution is 2.33. The first kappa shape index (κ1) is 14.5. The van der Waals surface area contributed by atoms with Crippen molar-refractivity contribution in [1.82, 2.24) is 0 Å². The molecule has 0 radical (unpaired) electrons. The normalized spacial score (nSPS) is 14.5. The van der Waals surface area contributed by atoms with Crippen molar-refractivity contribution in [3.63, 3.8) is 0 Å². The molecule has 90 valence electrons. The summed E-state index contributed by atoms with van der Waals surface area (Å²) >= 11 is 0. The van der Waals surface area contributed by atoms with Crippen LogP contribution in [0.3, 0.4) is 0 Å². The van der Waals surface area contributed by atoms with E-state index in [4.69, 9.17) is 4.74 Å². The Balaban J connectivity index is 4.38. The van der Waals surface area contributed by atoms with E-state index in [0.29, 0.717) is 24.4 Å². The second-order valence-corrected chi connectivity index (χ2v) is 5.75. The van der Waals surface area contributed by atoms with Gasteiger partial charge in [-0.1, -0.05) is 34.6 Å². The first-order chi connectivity index (χ1) is 6.69. The van der Waals surface area contributed by atoms with E-state index >= 15 is 0 Å². The van der Waals surface area contributed by atoms with E-state index < -0.39 is 0 Å². The maximum atomic E-state index is 11.9. The van der Waals surface area contributed by atoms with Gasteiger partial charge in [0, 0.05) is 0 Å². The molecule has 1 unspecified atom stereocenters. The highest BCUT2D eigenvalue weighted by atomic mass is 16.5. The summed E-state index contributed by atoms with van der Waals surface area (Å²) in [6, 6.07) is 0. The SMILES string of the molecule is CC(C)COC(=O)C(C)(C)C(C)C(C)C. The van der Waals surface area contributed by atoms with Gasteiger partial charge < -0.3 is 4.74 Å². The van der Waals surface area contributed by atoms with Crippen LogP contribution in [0.15, 0.2) is 0 Å². The number of carbonyl (C=O) groups excluding carboxylic acids is 1. The van der Waals surface area contributed by atoms with Gasteiger partial charge in [-0.15, -0.1) is 0 Å². The summed E-state index contributed by atoms with van der Waals surface area (Å²) in [7, 11) is 0.